The number of hydrogen-bond acceptors (Lipinski definition) is 2. The number of halogens is 3. The predicted molar refractivity (Wildman–Crippen MR) is 75.6 cm³/mol. The van der Waals surface area contributed by atoms with Crippen molar-refractivity contribution in [2.24, 2.45) is 11.8 Å². The zero-order valence-electron chi connectivity index (χ0n) is 12.9. The molecule has 2 nitrogen and oxygen atoms in total. The Morgan fingerprint density at radius 1 is 0.952 bits per heavy atom. The molecule has 0 amide bonds. The molecule has 0 spiro atoms. The van der Waals surface area contributed by atoms with Gasteiger partial charge in [-0.15, -0.1) is 0 Å². The van der Waals surface area contributed by atoms with E-state index in [4.69, 9.17) is 9.47 Å². The summed E-state index contributed by atoms with van der Waals surface area (Å²) in [6.45, 7) is 2.41. The van der Waals surface area contributed by atoms with Crippen LogP contribution in [0.25, 0.3) is 0 Å². The van der Waals surface area contributed by atoms with Gasteiger partial charge in [0.25, 0.3) is 0 Å². The van der Waals surface area contributed by atoms with E-state index >= 15 is 0 Å². The maximum absolute atomic E-state index is 14.4. The van der Waals surface area contributed by atoms with E-state index in [1.807, 2.05) is 6.92 Å². The highest BCUT2D eigenvalue weighted by Gasteiger charge is 2.46. The van der Waals surface area contributed by atoms with Crippen LogP contribution in [0.3, 0.4) is 0 Å². The first-order chi connectivity index (χ1) is 10.1. The summed E-state index contributed by atoms with van der Waals surface area (Å²) in [6.07, 6.45) is -1.66. The van der Waals surface area contributed by atoms with E-state index in [0.717, 1.165) is 12.8 Å². The Hall–Kier alpha value is -0.290. The molecule has 2 aliphatic carbocycles. The second kappa shape index (κ2) is 7.82. The molecular weight excluding hydrogens is 281 g/mol. The lowest BCUT2D eigenvalue weighted by atomic mass is 9.70. The molecule has 21 heavy (non-hydrogen) atoms. The molecule has 0 N–H and O–H groups in total. The molecule has 0 aromatic rings. The minimum atomic E-state index is -1.58. The van der Waals surface area contributed by atoms with Crippen LogP contribution in [0, 0.1) is 11.8 Å². The summed E-state index contributed by atoms with van der Waals surface area (Å²) in [5.41, 5.74) is 0. The number of alkyl halides is 3. The van der Waals surface area contributed by atoms with Gasteiger partial charge in [-0.25, -0.2) is 13.2 Å². The molecule has 7 unspecified atom stereocenters. The van der Waals surface area contributed by atoms with E-state index < -0.39 is 24.6 Å². The molecule has 2 rings (SSSR count). The van der Waals surface area contributed by atoms with Crippen LogP contribution < -0.4 is 0 Å². The molecule has 2 fully saturated rings. The molecule has 124 valence electrons. The van der Waals surface area contributed by atoms with Crippen LogP contribution in [0.2, 0.25) is 0 Å². The summed E-state index contributed by atoms with van der Waals surface area (Å²) in [7, 11) is 1.50. The lowest BCUT2D eigenvalue weighted by molar-refractivity contribution is -0.0960. The van der Waals surface area contributed by atoms with Gasteiger partial charge in [-0.3, -0.25) is 0 Å². The second-order valence-electron chi connectivity index (χ2n) is 6.40. The van der Waals surface area contributed by atoms with Crippen molar-refractivity contribution in [3.63, 3.8) is 0 Å². The fourth-order valence-electron chi connectivity index (χ4n) is 3.83. The number of rotatable bonds is 5. The molecule has 0 aromatic carbocycles. The molecule has 2 aliphatic rings. The van der Waals surface area contributed by atoms with Crippen molar-refractivity contribution in [2.75, 3.05) is 13.7 Å². The Bertz CT molecular complexity index is 316. The smallest absolute Gasteiger partial charge is 0.157 e. The van der Waals surface area contributed by atoms with Crippen molar-refractivity contribution in [3.05, 3.63) is 0 Å². The highest BCUT2D eigenvalue weighted by molar-refractivity contribution is 4.94. The van der Waals surface area contributed by atoms with Gasteiger partial charge >= 0.3 is 0 Å². The van der Waals surface area contributed by atoms with Crippen LogP contribution in [0.15, 0.2) is 0 Å². The molecule has 5 heteroatoms. The SMILES string of the molecule is CCCOC1CCC(C2CCC(OC)C(F)C2)C(F)C1F. The van der Waals surface area contributed by atoms with Gasteiger partial charge in [0.2, 0.25) is 0 Å². The van der Waals surface area contributed by atoms with Crippen LogP contribution in [0.1, 0.15) is 45.4 Å². The maximum Gasteiger partial charge on any atom is 0.157 e. The van der Waals surface area contributed by atoms with E-state index in [1.165, 1.54) is 7.11 Å². The van der Waals surface area contributed by atoms with Crippen molar-refractivity contribution in [1.82, 2.24) is 0 Å². The first kappa shape index (κ1) is 17.1. The largest absolute Gasteiger partial charge is 0.378 e. The Kier molecular flexibility index (Phi) is 6.35. The average molecular weight is 308 g/mol. The summed E-state index contributed by atoms with van der Waals surface area (Å²) in [6, 6.07) is 0. The summed E-state index contributed by atoms with van der Waals surface area (Å²) < 4.78 is 53.0. The van der Waals surface area contributed by atoms with Gasteiger partial charge in [-0.2, -0.15) is 0 Å². The Labute approximate surface area is 125 Å². The van der Waals surface area contributed by atoms with Crippen LogP contribution in [-0.4, -0.2) is 44.4 Å². The minimum absolute atomic E-state index is 0.0771. The van der Waals surface area contributed by atoms with E-state index in [0.29, 0.717) is 25.9 Å². The lowest BCUT2D eigenvalue weighted by Gasteiger charge is -2.41. The molecule has 0 bridgehead atoms. The Morgan fingerprint density at radius 3 is 2.29 bits per heavy atom. The van der Waals surface area contributed by atoms with Crippen LogP contribution in [-0.2, 0) is 9.47 Å². The van der Waals surface area contributed by atoms with Crippen LogP contribution in [0.5, 0.6) is 0 Å². The van der Waals surface area contributed by atoms with Gasteiger partial charge in [0, 0.05) is 13.7 Å². The molecule has 0 aromatic heterocycles. The Balaban J connectivity index is 1.90. The van der Waals surface area contributed by atoms with Crippen molar-refractivity contribution in [2.45, 2.75) is 76.2 Å². The second-order valence-corrected chi connectivity index (χ2v) is 6.40. The van der Waals surface area contributed by atoms with Gasteiger partial charge in [0.1, 0.15) is 12.3 Å². The van der Waals surface area contributed by atoms with Gasteiger partial charge in [0.05, 0.1) is 12.2 Å². The van der Waals surface area contributed by atoms with Gasteiger partial charge in [-0.05, 0) is 50.4 Å². The fraction of sp³-hybridized carbons (Fsp3) is 1.00. The van der Waals surface area contributed by atoms with Crippen LogP contribution >= 0.6 is 0 Å². The van der Waals surface area contributed by atoms with Gasteiger partial charge in [-0.1, -0.05) is 6.92 Å². The average Bonchev–Trinajstić information content (AvgIpc) is 2.49. The minimum Gasteiger partial charge on any atom is -0.378 e. The summed E-state index contributed by atoms with van der Waals surface area (Å²) in [4.78, 5) is 0. The van der Waals surface area contributed by atoms with E-state index in [2.05, 4.69) is 0 Å². The zero-order valence-corrected chi connectivity index (χ0v) is 12.9. The number of hydrogen-bond donors (Lipinski definition) is 0. The van der Waals surface area contributed by atoms with Gasteiger partial charge < -0.3 is 9.47 Å². The molecule has 0 saturated heterocycles. The molecule has 7 atom stereocenters. The normalized spacial score (nSPS) is 44.7. The monoisotopic (exact) mass is 308 g/mol. The van der Waals surface area contributed by atoms with E-state index in [-0.39, 0.29) is 24.4 Å². The van der Waals surface area contributed by atoms with Crippen molar-refractivity contribution in [3.8, 4) is 0 Å². The first-order valence-corrected chi connectivity index (χ1v) is 8.15. The van der Waals surface area contributed by atoms with E-state index in [9.17, 15) is 13.2 Å². The third-order valence-corrected chi connectivity index (χ3v) is 5.05. The molecule has 0 heterocycles. The molecular formula is C16H27F3O2. The number of ether oxygens (including phenoxy) is 2. The lowest BCUT2D eigenvalue weighted by Crippen LogP contribution is -2.47. The summed E-state index contributed by atoms with van der Waals surface area (Å²) in [5.74, 6) is -0.454. The molecule has 0 radical (unpaired) electrons. The number of methoxy groups -OCH3 is 1. The molecule has 2 saturated carbocycles. The third kappa shape index (κ3) is 3.92. The highest BCUT2D eigenvalue weighted by Crippen LogP contribution is 2.42. The van der Waals surface area contributed by atoms with E-state index in [1.54, 1.807) is 0 Å². The van der Waals surface area contributed by atoms with Crippen molar-refractivity contribution < 1.29 is 22.6 Å². The predicted octanol–water partition coefficient (Wildman–Crippen LogP) is 4.02. The Morgan fingerprint density at radius 2 is 1.67 bits per heavy atom. The van der Waals surface area contributed by atoms with Gasteiger partial charge in [0.15, 0.2) is 6.17 Å². The van der Waals surface area contributed by atoms with Crippen molar-refractivity contribution in [1.29, 1.82) is 0 Å². The van der Waals surface area contributed by atoms with Crippen molar-refractivity contribution >= 4 is 0 Å². The highest BCUT2D eigenvalue weighted by atomic mass is 19.2. The third-order valence-electron chi connectivity index (χ3n) is 5.05. The standard InChI is InChI=1S/C16H27F3O2/c1-3-8-21-14-7-5-11(15(18)16(14)19)10-4-6-13(20-2)12(17)9-10/h10-16H,3-9H2,1-2H3. The fourth-order valence-corrected chi connectivity index (χ4v) is 3.83. The maximum atomic E-state index is 14.4. The first-order valence-electron chi connectivity index (χ1n) is 8.15. The quantitative estimate of drug-likeness (QED) is 0.763. The molecule has 0 aliphatic heterocycles. The summed E-state index contributed by atoms with van der Waals surface area (Å²) in [5, 5.41) is 0. The summed E-state index contributed by atoms with van der Waals surface area (Å²) >= 11 is 0. The zero-order chi connectivity index (χ0) is 15.4. The topological polar surface area (TPSA) is 18.5 Å². The van der Waals surface area contributed by atoms with Crippen LogP contribution in [0.4, 0.5) is 13.2 Å².